The highest BCUT2D eigenvalue weighted by atomic mass is 19.1. The van der Waals surface area contributed by atoms with Gasteiger partial charge in [0.25, 0.3) is 5.91 Å². The van der Waals surface area contributed by atoms with Gasteiger partial charge in [-0.15, -0.1) is 0 Å². The molecule has 0 spiro atoms. The average Bonchev–Trinajstić information content (AvgIpc) is 3.55. The third kappa shape index (κ3) is 4.24. The van der Waals surface area contributed by atoms with Gasteiger partial charge in [0, 0.05) is 43.3 Å². The van der Waals surface area contributed by atoms with E-state index in [1.165, 1.54) is 17.0 Å². The molecular formula is C20H25FN2O4. The van der Waals surface area contributed by atoms with Crippen molar-refractivity contribution in [1.82, 2.24) is 10.2 Å². The number of nitrogens with one attached hydrogen (secondary N) is 1. The topological polar surface area (TPSA) is 78.9 Å². The van der Waals surface area contributed by atoms with Crippen molar-refractivity contribution < 1.29 is 23.8 Å². The Balaban J connectivity index is 1.44. The Kier molecular flexibility index (Phi) is 5.04. The molecule has 1 aromatic rings. The van der Waals surface area contributed by atoms with Crippen molar-refractivity contribution in [3.63, 3.8) is 0 Å². The number of carboxylic acid groups (broad SMARTS) is 1. The molecule has 3 fully saturated rings. The van der Waals surface area contributed by atoms with Crippen molar-refractivity contribution >= 4 is 12.0 Å². The zero-order valence-electron chi connectivity index (χ0n) is 15.2. The van der Waals surface area contributed by atoms with E-state index in [0.29, 0.717) is 43.2 Å². The Morgan fingerprint density at radius 1 is 1.22 bits per heavy atom. The molecule has 2 atom stereocenters. The van der Waals surface area contributed by atoms with Crippen LogP contribution in [-0.4, -0.2) is 53.8 Å². The van der Waals surface area contributed by atoms with Gasteiger partial charge in [-0.1, -0.05) is 0 Å². The molecule has 2 N–H and O–H groups in total. The molecule has 1 saturated heterocycles. The van der Waals surface area contributed by atoms with Crippen LogP contribution >= 0.6 is 0 Å². The number of amides is 2. The quantitative estimate of drug-likeness (QED) is 0.800. The summed E-state index contributed by atoms with van der Waals surface area (Å²) in [5, 5.41) is 12.5. The van der Waals surface area contributed by atoms with E-state index in [-0.39, 0.29) is 29.7 Å². The molecule has 2 saturated carbocycles. The van der Waals surface area contributed by atoms with Gasteiger partial charge in [0.1, 0.15) is 5.82 Å². The van der Waals surface area contributed by atoms with Crippen LogP contribution in [0.2, 0.25) is 0 Å². The van der Waals surface area contributed by atoms with Gasteiger partial charge in [-0.2, -0.15) is 0 Å². The Labute approximate surface area is 157 Å². The fourth-order valence-electron chi connectivity index (χ4n) is 3.87. The monoisotopic (exact) mass is 376 g/mol. The van der Waals surface area contributed by atoms with Gasteiger partial charge >= 0.3 is 6.09 Å². The highest BCUT2D eigenvalue weighted by Crippen LogP contribution is 2.47. The van der Waals surface area contributed by atoms with Gasteiger partial charge in [-0.25, -0.2) is 9.18 Å². The molecule has 4 rings (SSSR count). The van der Waals surface area contributed by atoms with Crippen LogP contribution in [-0.2, 0) is 4.74 Å². The van der Waals surface area contributed by atoms with E-state index < -0.39 is 6.09 Å². The number of rotatable bonds is 6. The van der Waals surface area contributed by atoms with Crippen LogP contribution in [0.15, 0.2) is 18.2 Å². The number of benzene rings is 1. The van der Waals surface area contributed by atoms with Crippen molar-refractivity contribution in [3.05, 3.63) is 35.1 Å². The van der Waals surface area contributed by atoms with Gasteiger partial charge < -0.3 is 20.1 Å². The summed E-state index contributed by atoms with van der Waals surface area (Å²) >= 11 is 0. The Morgan fingerprint density at radius 3 is 2.63 bits per heavy atom. The number of halogens is 1. The Bertz CT molecular complexity index is 731. The van der Waals surface area contributed by atoms with Gasteiger partial charge in [0.2, 0.25) is 0 Å². The molecule has 2 amide bonds. The first-order valence-corrected chi connectivity index (χ1v) is 9.70. The van der Waals surface area contributed by atoms with Crippen molar-refractivity contribution in [3.8, 4) is 0 Å². The lowest BCUT2D eigenvalue weighted by Gasteiger charge is -2.23. The minimum Gasteiger partial charge on any atom is -0.465 e. The van der Waals surface area contributed by atoms with E-state index in [1.54, 1.807) is 6.07 Å². The van der Waals surface area contributed by atoms with Crippen LogP contribution < -0.4 is 5.32 Å². The fourth-order valence-corrected chi connectivity index (χ4v) is 3.87. The van der Waals surface area contributed by atoms with E-state index in [2.05, 4.69) is 5.32 Å². The van der Waals surface area contributed by atoms with Crippen LogP contribution in [0.1, 0.15) is 53.9 Å². The standard InChI is InChI=1S/C20H25FN2O4/c21-17-4-3-13(19(24)22-14-5-7-27-8-6-14)9-15(17)16-10-18(16)23(20(25)26)11-12-1-2-12/h3-4,9,12,14,16,18H,1-2,5-8,10-11H2,(H,22,24)(H,25,26). The van der Waals surface area contributed by atoms with Crippen LogP contribution in [0.3, 0.4) is 0 Å². The number of ether oxygens (including phenoxy) is 1. The van der Waals surface area contributed by atoms with Crippen LogP contribution in [0, 0.1) is 11.7 Å². The average molecular weight is 376 g/mol. The number of carbonyl (C=O) groups is 2. The number of nitrogens with zero attached hydrogens (tertiary/aromatic N) is 1. The third-order valence-corrected chi connectivity index (χ3v) is 5.77. The van der Waals surface area contributed by atoms with Gasteiger partial charge in [-0.05, 0) is 61.8 Å². The number of carbonyl (C=O) groups excluding carboxylic acids is 1. The number of hydrogen-bond acceptors (Lipinski definition) is 3. The maximum Gasteiger partial charge on any atom is 0.407 e. The summed E-state index contributed by atoms with van der Waals surface area (Å²) < 4.78 is 19.7. The van der Waals surface area contributed by atoms with Crippen LogP contribution in [0.25, 0.3) is 0 Å². The molecule has 7 heteroatoms. The minimum absolute atomic E-state index is 0.0782. The Hall–Kier alpha value is -2.15. The lowest BCUT2D eigenvalue weighted by atomic mass is 10.0. The fraction of sp³-hybridized carbons (Fsp3) is 0.600. The van der Waals surface area contributed by atoms with Gasteiger partial charge in [0.05, 0.1) is 0 Å². The molecule has 2 unspecified atom stereocenters. The molecule has 6 nitrogen and oxygen atoms in total. The first-order chi connectivity index (χ1) is 13.0. The summed E-state index contributed by atoms with van der Waals surface area (Å²) in [5.74, 6) is -0.310. The second-order valence-electron chi connectivity index (χ2n) is 7.88. The largest absolute Gasteiger partial charge is 0.465 e. The molecule has 0 radical (unpaired) electrons. The summed E-state index contributed by atoms with van der Waals surface area (Å²) in [6.45, 7) is 1.80. The summed E-state index contributed by atoms with van der Waals surface area (Å²) in [5.41, 5.74) is 0.870. The summed E-state index contributed by atoms with van der Waals surface area (Å²) in [7, 11) is 0. The molecular weight excluding hydrogens is 351 g/mol. The highest BCUT2D eigenvalue weighted by Gasteiger charge is 2.47. The van der Waals surface area contributed by atoms with Crippen molar-refractivity contribution in [2.24, 2.45) is 5.92 Å². The molecule has 3 aliphatic rings. The summed E-state index contributed by atoms with van der Waals surface area (Å²) in [6, 6.07) is 4.28. The Morgan fingerprint density at radius 2 is 1.96 bits per heavy atom. The van der Waals surface area contributed by atoms with E-state index in [4.69, 9.17) is 4.74 Å². The van der Waals surface area contributed by atoms with Crippen molar-refractivity contribution in [2.75, 3.05) is 19.8 Å². The van der Waals surface area contributed by atoms with E-state index in [0.717, 1.165) is 25.7 Å². The molecule has 1 aliphatic heterocycles. The normalized spacial score (nSPS) is 25.1. The highest BCUT2D eigenvalue weighted by molar-refractivity contribution is 5.94. The molecule has 27 heavy (non-hydrogen) atoms. The second kappa shape index (κ2) is 7.46. The molecule has 2 aliphatic carbocycles. The lowest BCUT2D eigenvalue weighted by molar-refractivity contribution is 0.0696. The van der Waals surface area contributed by atoms with Crippen molar-refractivity contribution in [1.29, 1.82) is 0 Å². The summed E-state index contributed by atoms with van der Waals surface area (Å²) in [4.78, 5) is 25.5. The molecule has 0 aromatic heterocycles. The second-order valence-corrected chi connectivity index (χ2v) is 7.88. The lowest BCUT2D eigenvalue weighted by Crippen LogP contribution is -2.38. The maximum atomic E-state index is 14.4. The predicted molar refractivity (Wildman–Crippen MR) is 96.3 cm³/mol. The molecule has 1 aromatic carbocycles. The predicted octanol–water partition coefficient (Wildman–Crippen LogP) is 2.98. The van der Waals surface area contributed by atoms with Gasteiger partial charge in [-0.3, -0.25) is 4.79 Å². The van der Waals surface area contributed by atoms with E-state index in [9.17, 15) is 19.1 Å². The van der Waals surface area contributed by atoms with E-state index >= 15 is 0 Å². The molecule has 1 heterocycles. The first kappa shape index (κ1) is 18.2. The third-order valence-electron chi connectivity index (χ3n) is 5.77. The van der Waals surface area contributed by atoms with E-state index in [1.807, 2.05) is 0 Å². The van der Waals surface area contributed by atoms with Crippen LogP contribution in [0.5, 0.6) is 0 Å². The first-order valence-electron chi connectivity index (χ1n) is 9.70. The number of hydrogen-bond donors (Lipinski definition) is 2. The van der Waals surface area contributed by atoms with Crippen LogP contribution in [0.4, 0.5) is 9.18 Å². The minimum atomic E-state index is -0.941. The zero-order chi connectivity index (χ0) is 19.0. The van der Waals surface area contributed by atoms with Gasteiger partial charge in [0.15, 0.2) is 0 Å². The smallest absolute Gasteiger partial charge is 0.407 e. The zero-order valence-corrected chi connectivity index (χ0v) is 15.2. The SMILES string of the molecule is O=C(NC1CCOCC1)c1ccc(F)c(C2CC2N(CC2CC2)C(=O)O)c1. The van der Waals surface area contributed by atoms with Crippen molar-refractivity contribution in [2.45, 2.75) is 50.1 Å². The maximum absolute atomic E-state index is 14.4. The molecule has 146 valence electrons. The summed E-state index contributed by atoms with van der Waals surface area (Å²) in [6.07, 6.45) is 3.36. The molecule has 0 bridgehead atoms.